The molecule has 1 aliphatic heterocycles. The Kier molecular flexibility index (Phi) is 3.81. The van der Waals surface area contributed by atoms with Crippen LogP contribution >= 0.6 is 0 Å². The third-order valence-electron chi connectivity index (χ3n) is 3.83. The molecule has 7 heteroatoms. The number of sulfonamides is 1. The van der Waals surface area contributed by atoms with E-state index >= 15 is 0 Å². The second-order valence-electron chi connectivity index (χ2n) is 5.18. The highest BCUT2D eigenvalue weighted by Gasteiger charge is 2.33. The second kappa shape index (κ2) is 5.66. The number of hydrogen-bond acceptors (Lipinski definition) is 3. The van der Waals surface area contributed by atoms with Crippen LogP contribution in [0.4, 0.5) is 10.1 Å². The van der Waals surface area contributed by atoms with Gasteiger partial charge in [0.15, 0.2) is 0 Å². The van der Waals surface area contributed by atoms with E-state index in [1.165, 1.54) is 31.3 Å². The smallest absolute Gasteiger partial charge is 0.267 e. The molecule has 1 heterocycles. The van der Waals surface area contributed by atoms with Crippen molar-refractivity contribution < 1.29 is 17.6 Å². The van der Waals surface area contributed by atoms with Gasteiger partial charge >= 0.3 is 0 Å². The minimum Gasteiger partial charge on any atom is -0.355 e. The average molecular weight is 334 g/mol. The number of anilines is 1. The molecule has 2 aromatic rings. The number of amides is 1. The summed E-state index contributed by atoms with van der Waals surface area (Å²) in [6.07, 6.45) is 0.525. The van der Waals surface area contributed by atoms with Gasteiger partial charge in [-0.05, 0) is 36.2 Å². The van der Waals surface area contributed by atoms with Crippen molar-refractivity contribution in [2.24, 2.45) is 0 Å². The summed E-state index contributed by atoms with van der Waals surface area (Å²) in [7, 11) is -2.50. The van der Waals surface area contributed by atoms with Gasteiger partial charge in [-0.3, -0.25) is 9.10 Å². The first-order chi connectivity index (χ1) is 10.9. The Labute approximate surface area is 133 Å². The largest absolute Gasteiger partial charge is 0.355 e. The lowest BCUT2D eigenvalue weighted by Gasteiger charge is -2.20. The van der Waals surface area contributed by atoms with Crippen molar-refractivity contribution in [3.63, 3.8) is 0 Å². The van der Waals surface area contributed by atoms with E-state index in [9.17, 15) is 17.6 Å². The minimum atomic E-state index is -4.01. The zero-order chi connectivity index (χ0) is 16.6. The Morgan fingerprint density at radius 1 is 1.22 bits per heavy atom. The molecule has 0 fully saturated rings. The fourth-order valence-electron chi connectivity index (χ4n) is 2.66. The maximum atomic E-state index is 13.9. The van der Waals surface area contributed by atoms with Crippen LogP contribution in [0.15, 0.2) is 47.4 Å². The first-order valence-electron chi connectivity index (χ1n) is 7.07. The van der Waals surface area contributed by atoms with E-state index in [-0.39, 0.29) is 17.3 Å². The molecule has 1 N–H and O–H groups in total. The topological polar surface area (TPSA) is 66.5 Å². The van der Waals surface area contributed by atoms with Gasteiger partial charge in [0, 0.05) is 19.2 Å². The number of benzene rings is 2. The summed E-state index contributed by atoms with van der Waals surface area (Å²) in [6.45, 7) is 0.225. The Hall–Kier alpha value is -2.41. The molecular weight excluding hydrogens is 319 g/mol. The van der Waals surface area contributed by atoms with Crippen LogP contribution in [-0.2, 0) is 16.4 Å². The van der Waals surface area contributed by atoms with Crippen LogP contribution in [0.3, 0.4) is 0 Å². The van der Waals surface area contributed by atoms with Crippen LogP contribution in [0.2, 0.25) is 0 Å². The lowest BCUT2D eigenvalue weighted by atomic mass is 10.1. The molecule has 0 atom stereocenters. The van der Waals surface area contributed by atoms with Crippen molar-refractivity contribution in [3.05, 3.63) is 59.4 Å². The first-order valence-corrected chi connectivity index (χ1v) is 8.51. The Bertz CT molecular complexity index is 881. The molecule has 1 amide bonds. The summed E-state index contributed by atoms with van der Waals surface area (Å²) in [6, 6.07) is 10.2. The number of halogens is 1. The van der Waals surface area contributed by atoms with Crippen LogP contribution in [0, 0.1) is 5.82 Å². The molecule has 120 valence electrons. The molecule has 3 rings (SSSR count). The number of rotatable bonds is 3. The van der Waals surface area contributed by atoms with E-state index in [2.05, 4.69) is 5.32 Å². The highest BCUT2D eigenvalue weighted by molar-refractivity contribution is 7.92. The first kappa shape index (κ1) is 15.5. The molecule has 23 heavy (non-hydrogen) atoms. The van der Waals surface area contributed by atoms with Crippen LogP contribution in [0.25, 0.3) is 0 Å². The molecule has 1 aliphatic rings. The van der Waals surface area contributed by atoms with Crippen molar-refractivity contribution in [2.45, 2.75) is 11.3 Å². The number of hydrogen-bond donors (Lipinski definition) is 1. The van der Waals surface area contributed by atoms with Crippen molar-refractivity contribution >= 4 is 21.6 Å². The van der Waals surface area contributed by atoms with Crippen LogP contribution < -0.4 is 9.62 Å². The third kappa shape index (κ3) is 2.57. The van der Waals surface area contributed by atoms with Crippen molar-refractivity contribution in [2.75, 3.05) is 17.9 Å². The number of fused-ring (bicyclic) bond motifs is 1. The van der Waals surface area contributed by atoms with E-state index in [0.717, 1.165) is 15.9 Å². The van der Waals surface area contributed by atoms with Crippen LogP contribution in [0.1, 0.15) is 15.9 Å². The Balaban J connectivity index is 2.08. The molecular formula is C16H15FN2O3S. The molecule has 2 aromatic carbocycles. The average Bonchev–Trinajstić information content (AvgIpc) is 2.98. The van der Waals surface area contributed by atoms with Gasteiger partial charge in [0.2, 0.25) is 0 Å². The molecule has 0 aliphatic carbocycles. The van der Waals surface area contributed by atoms with Gasteiger partial charge in [-0.15, -0.1) is 0 Å². The van der Waals surface area contributed by atoms with Crippen LogP contribution in [-0.4, -0.2) is 27.9 Å². The summed E-state index contributed by atoms with van der Waals surface area (Å²) < 4.78 is 40.6. The number of nitrogens with zero attached hydrogens (tertiary/aromatic N) is 1. The van der Waals surface area contributed by atoms with E-state index in [4.69, 9.17) is 0 Å². The minimum absolute atomic E-state index is 0.225. The molecule has 0 saturated heterocycles. The van der Waals surface area contributed by atoms with Gasteiger partial charge in [0.05, 0.1) is 5.69 Å². The predicted octanol–water partition coefficient (Wildman–Crippen LogP) is 1.94. The fraction of sp³-hybridized carbons (Fsp3) is 0.188. The highest BCUT2D eigenvalue weighted by Crippen LogP contribution is 2.34. The second-order valence-corrected chi connectivity index (χ2v) is 7.01. The molecule has 0 radical (unpaired) electrons. The monoisotopic (exact) mass is 334 g/mol. The van der Waals surface area contributed by atoms with E-state index in [1.807, 2.05) is 0 Å². The lowest BCUT2D eigenvalue weighted by Crippen LogP contribution is -2.30. The van der Waals surface area contributed by atoms with E-state index in [1.54, 1.807) is 12.1 Å². The van der Waals surface area contributed by atoms with E-state index < -0.39 is 15.8 Å². The summed E-state index contributed by atoms with van der Waals surface area (Å²) in [5.41, 5.74) is 1.61. The SMILES string of the molecule is CNC(=O)c1ccc2c(c1)N(S(=O)(=O)c1ccccc1F)CC2. The zero-order valence-corrected chi connectivity index (χ0v) is 13.2. The highest BCUT2D eigenvalue weighted by atomic mass is 32.2. The van der Waals surface area contributed by atoms with Gasteiger partial charge in [0.1, 0.15) is 10.7 Å². The number of nitrogens with one attached hydrogen (secondary N) is 1. The number of carbonyl (C=O) groups excluding carboxylic acids is 1. The van der Waals surface area contributed by atoms with Gasteiger partial charge in [-0.1, -0.05) is 18.2 Å². The van der Waals surface area contributed by atoms with Gasteiger partial charge in [0.25, 0.3) is 15.9 Å². The lowest BCUT2D eigenvalue weighted by molar-refractivity contribution is 0.0963. The van der Waals surface area contributed by atoms with Gasteiger partial charge < -0.3 is 5.32 Å². The van der Waals surface area contributed by atoms with Gasteiger partial charge in [-0.25, -0.2) is 12.8 Å². The van der Waals surface area contributed by atoms with E-state index in [0.29, 0.717) is 17.7 Å². The van der Waals surface area contributed by atoms with Gasteiger partial charge in [-0.2, -0.15) is 0 Å². The fourth-order valence-corrected chi connectivity index (χ4v) is 4.22. The quantitative estimate of drug-likeness (QED) is 0.933. The normalized spacial score (nSPS) is 13.7. The standard InChI is InChI=1S/C16H15FN2O3S/c1-18-16(20)12-7-6-11-8-9-19(14(11)10-12)23(21,22)15-5-3-2-4-13(15)17/h2-7,10H,8-9H2,1H3,(H,18,20). The summed E-state index contributed by atoms with van der Waals surface area (Å²) in [5, 5.41) is 2.50. The molecule has 0 spiro atoms. The Morgan fingerprint density at radius 3 is 2.65 bits per heavy atom. The molecule has 5 nitrogen and oxygen atoms in total. The molecule has 0 bridgehead atoms. The van der Waals surface area contributed by atoms with Crippen LogP contribution in [0.5, 0.6) is 0 Å². The summed E-state index contributed by atoms with van der Waals surface area (Å²) in [4.78, 5) is 11.4. The van der Waals surface area contributed by atoms with Crippen molar-refractivity contribution in [1.29, 1.82) is 0 Å². The predicted molar refractivity (Wildman–Crippen MR) is 84.5 cm³/mol. The molecule has 0 saturated carbocycles. The number of carbonyl (C=O) groups is 1. The third-order valence-corrected chi connectivity index (χ3v) is 5.68. The zero-order valence-electron chi connectivity index (χ0n) is 12.4. The molecule has 0 aromatic heterocycles. The molecule has 0 unspecified atom stereocenters. The summed E-state index contributed by atoms with van der Waals surface area (Å²) >= 11 is 0. The Morgan fingerprint density at radius 2 is 1.96 bits per heavy atom. The van der Waals surface area contributed by atoms with Crippen molar-refractivity contribution in [3.8, 4) is 0 Å². The summed E-state index contributed by atoms with van der Waals surface area (Å²) in [5.74, 6) is -1.09. The maximum absolute atomic E-state index is 13.9. The maximum Gasteiger partial charge on any atom is 0.267 e. The van der Waals surface area contributed by atoms with Crippen molar-refractivity contribution in [1.82, 2.24) is 5.32 Å².